The summed E-state index contributed by atoms with van der Waals surface area (Å²) in [5.74, 6) is 4.26. The number of aromatic nitrogens is 9. The number of hydrogen-bond acceptors (Lipinski definition) is 8. The summed E-state index contributed by atoms with van der Waals surface area (Å²) in [5, 5.41) is 24.7. The van der Waals surface area contributed by atoms with Crippen LogP contribution in [-0.2, 0) is 53.0 Å². The van der Waals surface area contributed by atoms with Gasteiger partial charge in [0.2, 0.25) is 5.82 Å². The van der Waals surface area contributed by atoms with Crippen LogP contribution in [0.25, 0.3) is 94.4 Å². The number of fused-ring (bicyclic) bond motifs is 9. The zero-order valence-corrected chi connectivity index (χ0v) is 48.0. The number of benzene rings is 7. The molecule has 77 heavy (non-hydrogen) atoms. The van der Waals surface area contributed by atoms with Crippen molar-refractivity contribution in [1.29, 1.82) is 0 Å². The fraction of sp³-hybridized carbons (Fsp3) is 0.156. The Balaban J connectivity index is 0.00000315. The SMILES string of the molecule is Cc1ccnc(-n2c3[c-]c(Oc4[c-]c5c(cc4)c4ccc(Oc6[c-]c7c(c(C(C)(C)C)c6)c6ccccc6n7-c6cc(C)ccn6)[c-]c4n5-c4nnc(-c5ccccc5)nn4)cc(C(C)(C)C)c3c3ccccc32)c1.[Pt+2].[Pt+2]. The van der Waals surface area contributed by atoms with Crippen LogP contribution in [0.3, 0.4) is 0 Å². The summed E-state index contributed by atoms with van der Waals surface area (Å²) in [6, 6.07) is 61.5. The molecule has 0 atom stereocenters. The first-order valence-electron chi connectivity index (χ1n) is 25.0. The van der Waals surface area contributed by atoms with Crippen LogP contribution in [0.4, 0.5) is 0 Å². The van der Waals surface area contributed by atoms with Crippen molar-refractivity contribution in [1.82, 2.24) is 44.1 Å². The molecule has 0 bridgehead atoms. The van der Waals surface area contributed by atoms with Crippen molar-refractivity contribution in [3.63, 3.8) is 0 Å². The molecule has 6 aromatic heterocycles. The number of nitrogens with zero attached hydrogens (tertiary/aromatic N) is 9. The molecule has 0 N–H and O–H groups in total. The fourth-order valence-corrected chi connectivity index (χ4v) is 10.4. The molecule has 0 unspecified atom stereocenters. The molecule has 7 aromatic carbocycles. The Labute approximate surface area is 474 Å². The molecule has 13 aromatic rings. The molecule has 382 valence electrons. The number of pyridine rings is 2. The summed E-state index contributed by atoms with van der Waals surface area (Å²) in [4.78, 5) is 9.68. The summed E-state index contributed by atoms with van der Waals surface area (Å²) in [7, 11) is 0. The average molecular weight is 1370 g/mol. The maximum Gasteiger partial charge on any atom is 2.00 e. The van der Waals surface area contributed by atoms with Gasteiger partial charge in [0, 0.05) is 52.0 Å². The van der Waals surface area contributed by atoms with Gasteiger partial charge >= 0.3 is 42.1 Å². The van der Waals surface area contributed by atoms with E-state index in [-0.39, 0.29) is 58.9 Å². The first kappa shape index (κ1) is 51.3. The molecule has 0 aliphatic heterocycles. The van der Waals surface area contributed by atoms with E-state index in [1.807, 2.05) is 83.7 Å². The zero-order chi connectivity index (χ0) is 51.3. The Morgan fingerprint density at radius 2 is 0.844 bits per heavy atom. The molecule has 6 heterocycles. The quantitative estimate of drug-likeness (QED) is 0.138. The van der Waals surface area contributed by atoms with Crippen molar-refractivity contribution in [2.75, 3.05) is 0 Å². The van der Waals surface area contributed by atoms with Crippen molar-refractivity contribution >= 4 is 65.4 Å². The number of ether oxygens (including phenoxy) is 2. The van der Waals surface area contributed by atoms with E-state index in [4.69, 9.17) is 19.4 Å². The van der Waals surface area contributed by atoms with E-state index in [0.29, 0.717) is 39.9 Å². The van der Waals surface area contributed by atoms with Crippen LogP contribution in [0, 0.1) is 38.1 Å². The van der Waals surface area contributed by atoms with Crippen LogP contribution in [0.2, 0.25) is 0 Å². The second-order valence-electron chi connectivity index (χ2n) is 21.2. The van der Waals surface area contributed by atoms with Gasteiger partial charge < -0.3 is 23.2 Å². The molecular formula is C64H49N9O2Pt2. The van der Waals surface area contributed by atoms with Gasteiger partial charge in [0.05, 0.1) is 0 Å². The molecule has 0 aliphatic rings. The van der Waals surface area contributed by atoms with Crippen molar-refractivity contribution < 1.29 is 51.6 Å². The fourth-order valence-electron chi connectivity index (χ4n) is 10.4. The first-order valence-corrected chi connectivity index (χ1v) is 25.0. The van der Waals surface area contributed by atoms with Crippen LogP contribution in [-0.4, -0.2) is 44.1 Å². The van der Waals surface area contributed by atoms with Gasteiger partial charge in [-0.25, -0.2) is 9.97 Å². The predicted octanol–water partition coefficient (Wildman–Crippen LogP) is 15.0. The van der Waals surface area contributed by atoms with Gasteiger partial charge in [0.15, 0.2) is 0 Å². The minimum atomic E-state index is -0.256. The molecule has 0 radical (unpaired) electrons. The van der Waals surface area contributed by atoms with Crippen LogP contribution < -0.4 is 9.47 Å². The van der Waals surface area contributed by atoms with Crippen LogP contribution in [0.1, 0.15) is 63.8 Å². The Morgan fingerprint density at radius 1 is 0.416 bits per heavy atom. The summed E-state index contributed by atoms with van der Waals surface area (Å²) in [6.45, 7) is 17.5. The topological polar surface area (TPSA) is 111 Å². The summed E-state index contributed by atoms with van der Waals surface area (Å²) >= 11 is 0. The second-order valence-corrected chi connectivity index (χ2v) is 21.2. The van der Waals surface area contributed by atoms with Gasteiger partial charge in [-0.15, -0.1) is 80.1 Å². The summed E-state index contributed by atoms with van der Waals surface area (Å²) < 4.78 is 20.0. The monoisotopic (exact) mass is 1370 g/mol. The Bertz CT molecular complexity index is 4180. The summed E-state index contributed by atoms with van der Waals surface area (Å²) in [6.07, 6.45) is 3.70. The summed E-state index contributed by atoms with van der Waals surface area (Å²) in [5.41, 5.74) is 9.85. The number of hydrogen-bond donors (Lipinski definition) is 0. The van der Waals surface area contributed by atoms with Crippen molar-refractivity contribution in [3.8, 4) is 52.0 Å². The zero-order valence-electron chi connectivity index (χ0n) is 43.4. The Morgan fingerprint density at radius 3 is 1.29 bits per heavy atom. The molecule has 0 fully saturated rings. The van der Waals surface area contributed by atoms with E-state index in [0.717, 1.165) is 93.8 Å². The Hall–Kier alpha value is -7.84. The third kappa shape index (κ3) is 8.99. The van der Waals surface area contributed by atoms with Crippen LogP contribution in [0.5, 0.6) is 23.0 Å². The van der Waals surface area contributed by atoms with Crippen LogP contribution >= 0.6 is 0 Å². The van der Waals surface area contributed by atoms with E-state index in [1.54, 1.807) is 0 Å². The minimum absolute atomic E-state index is 0. The number of para-hydroxylation sites is 2. The molecular weight excluding hydrogens is 1320 g/mol. The second kappa shape index (κ2) is 19.6. The van der Waals surface area contributed by atoms with Gasteiger partial charge in [0.25, 0.3) is 5.95 Å². The largest absolute Gasteiger partial charge is 2.00 e. The molecule has 0 spiro atoms. The van der Waals surface area contributed by atoms with Gasteiger partial charge in [0.1, 0.15) is 11.6 Å². The van der Waals surface area contributed by atoms with Crippen molar-refractivity contribution in [2.45, 2.75) is 66.2 Å². The number of aryl methyl sites for hydroxylation is 2. The third-order valence-corrected chi connectivity index (χ3v) is 13.9. The Kier molecular flexibility index (Phi) is 13.1. The van der Waals surface area contributed by atoms with Gasteiger partial charge in [-0.3, -0.25) is 0 Å². The molecule has 0 aliphatic carbocycles. The third-order valence-electron chi connectivity index (χ3n) is 13.9. The maximum absolute atomic E-state index is 6.88. The first-order chi connectivity index (χ1) is 36.2. The molecule has 0 saturated heterocycles. The van der Waals surface area contributed by atoms with E-state index < -0.39 is 0 Å². The molecule has 0 saturated carbocycles. The van der Waals surface area contributed by atoms with Crippen molar-refractivity contribution in [3.05, 3.63) is 198 Å². The molecule has 0 amide bonds. The van der Waals surface area contributed by atoms with E-state index in [1.165, 1.54) is 0 Å². The van der Waals surface area contributed by atoms with Gasteiger partial charge in [-0.05, 0) is 83.0 Å². The minimum Gasteiger partial charge on any atom is -0.509 e. The number of rotatable bonds is 8. The van der Waals surface area contributed by atoms with E-state index in [9.17, 15) is 0 Å². The van der Waals surface area contributed by atoms with Gasteiger partial charge in [-0.2, -0.15) is 22.9 Å². The van der Waals surface area contributed by atoms with Crippen molar-refractivity contribution in [2.24, 2.45) is 0 Å². The predicted molar refractivity (Wildman–Crippen MR) is 297 cm³/mol. The average Bonchev–Trinajstić information content (AvgIpc) is 4.08. The van der Waals surface area contributed by atoms with E-state index in [2.05, 4.69) is 182 Å². The van der Waals surface area contributed by atoms with Gasteiger partial charge in [-0.1, -0.05) is 141 Å². The smallest absolute Gasteiger partial charge is 0.509 e. The maximum atomic E-state index is 6.88. The molecule has 13 rings (SSSR count). The normalized spacial score (nSPS) is 11.9. The van der Waals surface area contributed by atoms with E-state index >= 15 is 0 Å². The molecule has 11 nitrogen and oxygen atoms in total. The standard InChI is InChI=1S/C64H49N9O2.2Pt/c1-38-26-28-65-57(30-38)71-51-20-14-12-18-47(51)59-49(63(3,4)5)32-43(36-55(59)71)74-41-22-24-45-46-25-23-42(35-54(46)73(53(45)34-41)62-69-67-61(68-70-62)40-16-10-9-11-17-40)75-44-33-50(64(6,7)8)60-48-19-13-15-21-52(48)72(56(60)37-44)58-31-39(2)27-29-66-58;;/h9-33H,1-8H3;;/q-4;2*+2. The van der Waals surface area contributed by atoms with Crippen LogP contribution in [0.15, 0.2) is 152 Å². The molecule has 13 heteroatoms.